The molecule has 0 bridgehead atoms. The zero-order valence-electron chi connectivity index (χ0n) is 17.1. The van der Waals surface area contributed by atoms with Crippen LogP contribution in [0.15, 0.2) is 18.3 Å². The largest absolute Gasteiger partial charge is 0.469 e. The van der Waals surface area contributed by atoms with Crippen LogP contribution in [0.2, 0.25) is 0 Å². The number of halogens is 1. The second-order valence-corrected chi connectivity index (χ2v) is 7.87. The lowest BCUT2D eigenvalue weighted by atomic mass is 9.51. The summed E-state index contributed by atoms with van der Waals surface area (Å²) in [6.45, 7) is 2.01. The lowest BCUT2D eigenvalue weighted by Gasteiger charge is -2.31. The van der Waals surface area contributed by atoms with Crippen molar-refractivity contribution in [3.8, 4) is 5.69 Å². The Bertz CT molecular complexity index is 1400. The number of hydrogen-bond donors (Lipinski definition) is 1. The molecule has 0 saturated carbocycles. The zero-order valence-corrected chi connectivity index (χ0v) is 17.1. The summed E-state index contributed by atoms with van der Waals surface area (Å²) < 4.78 is 21.4. The minimum absolute atomic E-state index is 0.0263. The number of esters is 1. The molecule has 5 nitrogen and oxygen atoms in total. The maximum atomic E-state index is 14.6. The fourth-order valence-electron chi connectivity index (χ4n) is 4.64. The number of hydrogen-bond acceptors (Lipinski definition) is 3. The van der Waals surface area contributed by atoms with Crippen LogP contribution in [0, 0.1) is 5.82 Å². The van der Waals surface area contributed by atoms with Gasteiger partial charge < -0.3 is 9.30 Å². The minimum atomic E-state index is -0.706. The summed E-state index contributed by atoms with van der Waals surface area (Å²) in [6.07, 6.45) is 2.44. The SMILES string of the molecule is [B]c1c([B])c2c(c([B])c1F)[B]C(C)c1c(CCC(=O)OC)c3cc4[nH]ncc4cc3n1-2. The first-order valence-corrected chi connectivity index (χ1v) is 9.91. The van der Waals surface area contributed by atoms with Crippen LogP contribution in [-0.4, -0.2) is 58.7 Å². The standard InChI is InChI=1S/C21H15B4FN3O2/c1-8-20-10(3-4-14(30)31-2)11-6-12-9(7-27-28-12)5-13(11)29(20)21-16(23)15(22)19(26)17(24)18(21)25-8/h5-8H,3-4H2,1-2H3,(H,27,28). The van der Waals surface area contributed by atoms with Gasteiger partial charge in [-0.2, -0.15) is 5.10 Å². The highest BCUT2D eigenvalue weighted by Crippen LogP contribution is 2.37. The van der Waals surface area contributed by atoms with Gasteiger partial charge in [-0.3, -0.25) is 9.89 Å². The molecule has 3 heterocycles. The van der Waals surface area contributed by atoms with E-state index in [0.717, 1.165) is 33.1 Å². The van der Waals surface area contributed by atoms with Gasteiger partial charge in [0.1, 0.15) is 29.4 Å². The molecule has 0 fully saturated rings. The third kappa shape index (κ3) is 2.80. The number of carbonyl (C=O) groups is 1. The predicted molar refractivity (Wildman–Crippen MR) is 123 cm³/mol. The van der Waals surface area contributed by atoms with E-state index in [4.69, 9.17) is 28.3 Å². The van der Waals surface area contributed by atoms with E-state index >= 15 is 0 Å². The normalized spacial score (nSPS) is 15.0. The second-order valence-electron chi connectivity index (χ2n) is 7.87. The van der Waals surface area contributed by atoms with E-state index in [1.54, 1.807) is 6.20 Å². The van der Waals surface area contributed by atoms with Gasteiger partial charge in [-0.05, 0) is 29.9 Å². The number of aryl methyl sites for hydroxylation is 1. The molecule has 5 rings (SSSR count). The molecule has 2 aromatic heterocycles. The van der Waals surface area contributed by atoms with E-state index in [1.165, 1.54) is 7.11 Å². The van der Waals surface area contributed by atoms with Crippen LogP contribution in [-0.2, 0) is 16.0 Å². The maximum absolute atomic E-state index is 14.6. The number of H-pyrrole nitrogens is 1. The van der Waals surface area contributed by atoms with E-state index in [-0.39, 0.29) is 34.6 Å². The molecule has 31 heavy (non-hydrogen) atoms. The van der Waals surface area contributed by atoms with Crippen molar-refractivity contribution in [3.05, 3.63) is 35.4 Å². The number of ether oxygens (including phenoxy) is 1. The summed E-state index contributed by atoms with van der Waals surface area (Å²) in [7, 11) is 21.6. The zero-order chi connectivity index (χ0) is 22.0. The van der Waals surface area contributed by atoms with Crippen LogP contribution in [0.25, 0.3) is 27.5 Å². The first-order chi connectivity index (χ1) is 14.8. The summed E-state index contributed by atoms with van der Waals surface area (Å²) in [5, 5.41) is 8.97. The first-order valence-electron chi connectivity index (χ1n) is 9.91. The van der Waals surface area contributed by atoms with E-state index in [0.29, 0.717) is 17.6 Å². The number of methoxy groups -OCH3 is 1. The monoisotopic (exact) mass is 404 g/mol. The van der Waals surface area contributed by atoms with Crippen LogP contribution in [0.1, 0.15) is 30.4 Å². The Morgan fingerprint density at radius 3 is 2.81 bits per heavy atom. The third-order valence-corrected chi connectivity index (χ3v) is 6.11. The van der Waals surface area contributed by atoms with Crippen molar-refractivity contribution in [1.82, 2.24) is 14.8 Å². The third-order valence-electron chi connectivity index (χ3n) is 6.11. The van der Waals surface area contributed by atoms with Crippen LogP contribution in [0.3, 0.4) is 0 Å². The van der Waals surface area contributed by atoms with Gasteiger partial charge in [0.2, 0.25) is 0 Å². The molecule has 1 unspecified atom stereocenters. The lowest BCUT2D eigenvalue weighted by molar-refractivity contribution is -0.140. The van der Waals surface area contributed by atoms with Crippen molar-refractivity contribution >= 4 is 80.4 Å². The molecule has 0 aliphatic carbocycles. The Morgan fingerprint density at radius 1 is 1.29 bits per heavy atom. The van der Waals surface area contributed by atoms with Gasteiger partial charge in [-0.25, -0.2) is 4.39 Å². The smallest absolute Gasteiger partial charge is 0.305 e. The van der Waals surface area contributed by atoms with Gasteiger partial charge in [0, 0.05) is 28.6 Å². The number of aromatic nitrogens is 3. The van der Waals surface area contributed by atoms with E-state index in [1.807, 2.05) is 30.9 Å². The highest BCUT2D eigenvalue weighted by Gasteiger charge is 2.32. The molecule has 0 saturated heterocycles. The quantitative estimate of drug-likeness (QED) is 0.372. The van der Waals surface area contributed by atoms with Crippen molar-refractivity contribution in [2.45, 2.75) is 25.6 Å². The summed E-state index contributed by atoms with van der Waals surface area (Å²) in [6, 6.07) is 4.00. The first kappa shape index (κ1) is 20.0. The summed E-state index contributed by atoms with van der Waals surface area (Å²) >= 11 is 0. The van der Waals surface area contributed by atoms with Crippen molar-refractivity contribution in [1.29, 1.82) is 0 Å². The number of benzene rings is 2. The predicted octanol–water partition coefficient (Wildman–Crippen LogP) is -0.463. The molecule has 4 aromatic rings. The Kier molecular flexibility index (Phi) is 4.57. The molecular weight excluding hydrogens is 388 g/mol. The number of fused-ring (bicyclic) bond motifs is 6. The van der Waals surface area contributed by atoms with Crippen molar-refractivity contribution in [2.75, 3.05) is 7.11 Å². The Hall–Kier alpha value is -2.89. The average molecular weight is 404 g/mol. The van der Waals surface area contributed by atoms with E-state index < -0.39 is 5.82 Å². The van der Waals surface area contributed by atoms with Gasteiger partial charge in [0.25, 0.3) is 0 Å². The molecule has 1 aliphatic rings. The van der Waals surface area contributed by atoms with Crippen molar-refractivity contribution in [3.63, 3.8) is 0 Å². The topological polar surface area (TPSA) is 59.9 Å². The molecule has 2 aromatic carbocycles. The Morgan fingerprint density at radius 2 is 2.06 bits per heavy atom. The molecule has 0 amide bonds. The minimum Gasteiger partial charge on any atom is -0.469 e. The Balaban J connectivity index is 1.89. The number of carbonyl (C=O) groups excluding carboxylic acids is 1. The van der Waals surface area contributed by atoms with Gasteiger partial charge in [-0.1, -0.05) is 28.8 Å². The van der Waals surface area contributed by atoms with Crippen molar-refractivity contribution in [2.24, 2.45) is 0 Å². The molecular formula is C21H15B4FN3O2. The van der Waals surface area contributed by atoms with Crippen LogP contribution in [0.5, 0.6) is 0 Å². The fourth-order valence-corrected chi connectivity index (χ4v) is 4.64. The van der Waals surface area contributed by atoms with Crippen LogP contribution >= 0.6 is 0 Å². The van der Waals surface area contributed by atoms with E-state index in [2.05, 4.69) is 10.2 Å². The van der Waals surface area contributed by atoms with E-state index in [9.17, 15) is 9.18 Å². The van der Waals surface area contributed by atoms with Crippen molar-refractivity contribution < 1.29 is 13.9 Å². The highest BCUT2D eigenvalue weighted by atomic mass is 19.1. The number of aromatic amines is 1. The number of rotatable bonds is 3. The van der Waals surface area contributed by atoms with Crippen LogP contribution in [0.4, 0.5) is 4.39 Å². The molecule has 145 valence electrons. The van der Waals surface area contributed by atoms with Gasteiger partial charge in [0.05, 0.1) is 24.3 Å². The summed E-state index contributed by atoms with van der Waals surface area (Å²) in [5.74, 6) is -1.10. The summed E-state index contributed by atoms with van der Waals surface area (Å²) in [4.78, 5) is 11.9. The molecule has 1 N–H and O–H groups in total. The molecule has 1 aliphatic heterocycles. The van der Waals surface area contributed by atoms with Gasteiger partial charge in [-0.15, -0.1) is 0 Å². The Labute approximate surface area is 183 Å². The average Bonchev–Trinajstić information content (AvgIpc) is 3.35. The number of nitrogens with one attached hydrogen (secondary N) is 1. The number of nitrogens with zero attached hydrogens (tertiary/aromatic N) is 2. The molecule has 7 radical (unpaired) electrons. The summed E-state index contributed by atoms with van der Waals surface area (Å²) in [5.41, 5.74) is 4.70. The maximum Gasteiger partial charge on any atom is 0.305 e. The molecule has 0 spiro atoms. The molecule has 1 atom stereocenters. The fraction of sp³-hybridized carbons (Fsp3) is 0.238. The second kappa shape index (κ2) is 7.07. The van der Waals surface area contributed by atoms with Gasteiger partial charge >= 0.3 is 5.97 Å². The molecule has 10 heteroatoms. The van der Waals surface area contributed by atoms with Crippen LogP contribution < -0.4 is 21.9 Å². The lowest BCUT2D eigenvalue weighted by Crippen LogP contribution is -2.52. The highest BCUT2D eigenvalue weighted by molar-refractivity contribution is 6.67. The van der Waals surface area contributed by atoms with Gasteiger partial charge in [0.15, 0.2) is 7.28 Å².